The molecule has 0 aliphatic heterocycles. The van der Waals surface area contributed by atoms with Crippen LogP contribution in [0.1, 0.15) is 41.7 Å². The van der Waals surface area contributed by atoms with Crippen LogP contribution in [0, 0.1) is 6.92 Å². The number of carbonyl (C=O) groups is 1. The normalized spacial score (nSPS) is 12.5. The molecule has 8 heteroatoms. The first-order valence-corrected chi connectivity index (χ1v) is 10.6. The maximum Gasteiger partial charge on any atom is 0.273 e. The van der Waals surface area contributed by atoms with Crippen molar-refractivity contribution >= 4 is 35.8 Å². The van der Waals surface area contributed by atoms with Crippen LogP contribution in [0.15, 0.2) is 52.8 Å². The topological polar surface area (TPSA) is 72.3 Å². The average molecular weight is 445 g/mol. The fraction of sp³-hybridized carbons (Fsp3) is 0.318. The van der Waals surface area contributed by atoms with E-state index in [2.05, 4.69) is 47.1 Å². The Morgan fingerprint density at radius 3 is 2.40 bits per heavy atom. The zero-order valence-corrected chi connectivity index (χ0v) is 20.3. The predicted molar refractivity (Wildman–Crippen MR) is 129 cm³/mol. The van der Waals surface area contributed by atoms with E-state index in [1.54, 1.807) is 7.05 Å². The third-order valence-corrected chi connectivity index (χ3v) is 5.22. The molecule has 1 amide bonds. The maximum absolute atomic E-state index is 12.3. The molecule has 0 fully saturated rings. The molecule has 2 aromatic rings. The second-order valence-corrected chi connectivity index (χ2v) is 10.1. The number of nitrogens with one attached hydrogen (secondary N) is 1. The first-order valence-electron chi connectivity index (χ1n) is 9.47. The molecular formula is C22H29N3O3P2. The molecule has 0 aromatic heterocycles. The van der Waals surface area contributed by atoms with Crippen LogP contribution >= 0.6 is 18.5 Å². The minimum absolute atomic E-state index is 0.171. The standard InChI is InChI=1S/C22H29N3O3P2/c1-14-9-8-11-17(20(25-27-5)21(26)23-4)18(14)13-28-24-15(2)16-10-6-7-12-19(16)22(3,29)30/h6-12H,13,29-30H2,1-5H3,(H,23,26)/b24-15+,25-20+. The van der Waals surface area contributed by atoms with Crippen LogP contribution < -0.4 is 5.32 Å². The quantitative estimate of drug-likeness (QED) is 0.380. The van der Waals surface area contributed by atoms with Crippen molar-refractivity contribution in [2.24, 2.45) is 10.3 Å². The fourth-order valence-corrected chi connectivity index (χ4v) is 3.55. The van der Waals surface area contributed by atoms with Gasteiger partial charge in [-0.25, -0.2) is 0 Å². The lowest BCUT2D eigenvalue weighted by Crippen LogP contribution is -2.29. The van der Waals surface area contributed by atoms with E-state index < -0.39 is 0 Å². The van der Waals surface area contributed by atoms with Gasteiger partial charge in [0.15, 0.2) is 5.71 Å². The molecule has 0 radical (unpaired) electrons. The van der Waals surface area contributed by atoms with Crippen LogP contribution in [0.25, 0.3) is 0 Å². The predicted octanol–water partition coefficient (Wildman–Crippen LogP) is 3.96. The van der Waals surface area contributed by atoms with Crippen molar-refractivity contribution in [2.45, 2.75) is 32.3 Å². The molecule has 0 saturated heterocycles. The number of carbonyl (C=O) groups excluding carboxylic acids is 1. The van der Waals surface area contributed by atoms with Gasteiger partial charge in [0.05, 0.1) is 5.71 Å². The van der Waals surface area contributed by atoms with Crippen molar-refractivity contribution in [1.82, 2.24) is 5.32 Å². The van der Waals surface area contributed by atoms with E-state index in [4.69, 9.17) is 9.68 Å². The van der Waals surface area contributed by atoms with Gasteiger partial charge in [-0.05, 0) is 31.9 Å². The maximum atomic E-state index is 12.3. The van der Waals surface area contributed by atoms with Crippen LogP contribution in [0.3, 0.4) is 0 Å². The lowest BCUT2D eigenvalue weighted by molar-refractivity contribution is -0.114. The van der Waals surface area contributed by atoms with Gasteiger partial charge in [-0.1, -0.05) is 52.8 Å². The minimum atomic E-state index is -0.336. The van der Waals surface area contributed by atoms with Crippen molar-refractivity contribution in [2.75, 3.05) is 14.2 Å². The number of hydrogen-bond acceptors (Lipinski definition) is 5. The molecule has 6 nitrogen and oxygen atoms in total. The third kappa shape index (κ3) is 5.87. The molecular weight excluding hydrogens is 416 g/mol. The summed E-state index contributed by atoms with van der Waals surface area (Å²) in [7, 11) is 8.61. The van der Waals surface area contributed by atoms with E-state index in [9.17, 15) is 4.79 Å². The molecule has 0 saturated carbocycles. The second-order valence-electron chi connectivity index (χ2n) is 7.08. The Kier molecular flexibility index (Phi) is 8.52. The Bertz CT molecular complexity index is 966. The Morgan fingerprint density at radius 2 is 1.77 bits per heavy atom. The first kappa shape index (κ1) is 24.0. The summed E-state index contributed by atoms with van der Waals surface area (Å²) in [6, 6.07) is 13.7. The monoisotopic (exact) mass is 445 g/mol. The zero-order chi connectivity index (χ0) is 22.3. The number of benzene rings is 2. The van der Waals surface area contributed by atoms with Crippen molar-refractivity contribution in [3.63, 3.8) is 0 Å². The molecule has 1 N–H and O–H groups in total. The van der Waals surface area contributed by atoms with Crippen LogP contribution in [-0.2, 0) is 26.0 Å². The summed E-state index contributed by atoms with van der Waals surface area (Å²) >= 11 is 0. The van der Waals surface area contributed by atoms with Crippen molar-refractivity contribution < 1.29 is 14.5 Å². The lowest BCUT2D eigenvalue weighted by Gasteiger charge is -2.22. The number of hydrogen-bond donors (Lipinski definition) is 1. The largest absolute Gasteiger partial charge is 0.398 e. The number of amides is 1. The van der Waals surface area contributed by atoms with Crippen molar-refractivity contribution in [3.05, 3.63) is 70.3 Å². The van der Waals surface area contributed by atoms with Gasteiger partial charge < -0.3 is 15.0 Å². The Labute approximate surface area is 182 Å². The van der Waals surface area contributed by atoms with Gasteiger partial charge in [0.25, 0.3) is 5.91 Å². The molecule has 0 heterocycles. The molecule has 0 spiro atoms. The summed E-state index contributed by atoms with van der Waals surface area (Å²) in [6.45, 7) is 6.17. The first-order chi connectivity index (χ1) is 14.2. The second kappa shape index (κ2) is 10.7. The highest BCUT2D eigenvalue weighted by molar-refractivity contribution is 7.38. The van der Waals surface area contributed by atoms with Crippen LogP contribution in [0.5, 0.6) is 0 Å². The van der Waals surface area contributed by atoms with E-state index in [-0.39, 0.29) is 23.1 Å². The molecule has 30 heavy (non-hydrogen) atoms. The smallest absolute Gasteiger partial charge is 0.273 e. The molecule has 0 bridgehead atoms. The lowest BCUT2D eigenvalue weighted by atomic mass is 9.98. The van der Waals surface area contributed by atoms with Gasteiger partial charge in [0.1, 0.15) is 13.7 Å². The summed E-state index contributed by atoms with van der Waals surface area (Å²) in [5, 5.41) is 10.8. The van der Waals surface area contributed by atoms with Crippen LogP contribution in [0.2, 0.25) is 0 Å². The van der Waals surface area contributed by atoms with Gasteiger partial charge in [-0.2, -0.15) is 0 Å². The highest BCUT2D eigenvalue weighted by atomic mass is 31.1. The Morgan fingerprint density at radius 1 is 1.10 bits per heavy atom. The molecule has 2 unspecified atom stereocenters. The summed E-state index contributed by atoms with van der Waals surface area (Å²) in [6.07, 6.45) is 0. The number of oxime groups is 2. The third-order valence-electron chi connectivity index (χ3n) is 4.60. The summed E-state index contributed by atoms with van der Waals surface area (Å²) in [5.74, 6) is -0.336. The van der Waals surface area contributed by atoms with Gasteiger partial charge in [-0.3, -0.25) is 4.79 Å². The zero-order valence-electron chi connectivity index (χ0n) is 18.0. The van der Waals surface area contributed by atoms with E-state index >= 15 is 0 Å². The van der Waals surface area contributed by atoms with E-state index in [0.717, 1.165) is 28.0 Å². The van der Waals surface area contributed by atoms with E-state index in [1.165, 1.54) is 7.11 Å². The average Bonchev–Trinajstić information content (AvgIpc) is 2.72. The minimum Gasteiger partial charge on any atom is -0.398 e. The Balaban J connectivity index is 2.33. The molecule has 2 atom stereocenters. The van der Waals surface area contributed by atoms with Gasteiger partial charge in [0.2, 0.25) is 0 Å². The van der Waals surface area contributed by atoms with Gasteiger partial charge in [-0.15, -0.1) is 18.5 Å². The molecule has 0 aliphatic rings. The van der Waals surface area contributed by atoms with Crippen LogP contribution in [-0.4, -0.2) is 31.5 Å². The van der Waals surface area contributed by atoms with E-state index in [1.807, 2.05) is 50.2 Å². The van der Waals surface area contributed by atoms with E-state index in [0.29, 0.717) is 5.56 Å². The highest BCUT2D eigenvalue weighted by Gasteiger charge is 2.20. The van der Waals surface area contributed by atoms with Crippen molar-refractivity contribution in [1.29, 1.82) is 0 Å². The fourth-order valence-electron chi connectivity index (χ4n) is 3.05. The molecule has 160 valence electrons. The van der Waals surface area contributed by atoms with Gasteiger partial charge in [0, 0.05) is 28.6 Å². The number of aryl methyl sites for hydroxylation is 1. The SMILES string of the molecule is CNC(=O)/C(=N/OC)c1cccc(C)c1CO/N=C(\C)c1ccccc1C(C)(P)P. The number of nitrogens with zero attached hydrogens (tertiary/aromatic N) is 2. The Hall–Kier alpha value is -2.29. The summed E-state index contributed by atoms with van der Waals surface area (Å²) in [4.78, 5) is 22.7. The molecule has 0 aliphatic carbocycles. The van der Waals surface area contributed by atoms with Gasteiger partial charge >= 0.3 is 0 Å². The summed E-state index contributed by atoms with van der Waals surface area (Å²) < 4.78 is 0. The summed E-state index contributed by atoms with van der Waals surface area (Å²) in [5.41, 5.74) is 5.55. The number of likely N-dealkylation sites (N-methyl/N-ethyl adjacent to an activating group) is 1. The van der Waals surface area contributed by atoms with Crippen LogP contribution in [0.4, 0.5) is 0 Å². The molecule has 2 rings (SSSR count). The van der Waals surface area contributed by atoms with Crippen molar-refractivity contribution in [3.8, 4) is 0 Å². The number of rotatable bonds is 8. The molecule has 2 aromatic carbocycles. The highest BCUT2D eigenvalue weighted by Crippen LogP contribution is 2.39.